The maximum atomic E-state index is 13.6. The van der Waals surface area contributed by atoms with E-state index >= 15 is 0 Å². The van der Waals surface area contributed by atoms with Crippen molar-refractivity contribution < 1.29 is 18.7 Å². The van der Waals surface area contributed by atoms with Crippen LogP contribution in [0.3, 0.4) is 0 Å². The van der Waals surface area contributed by atoms with Crippen LogP contribution in [0.5, 0.6) is 0 Å². The summed E-state index contributed by atoms with van der Waals surface area (Å²) in [7, 11) is 1.62. The van der Waals surface area contributed by atoms with Gasteiger partial charge in [-0.2, -0.15) is 0 Å². The van der Waals surface area contributed by atoms with Crippen LogP contribution in [0.2, 0.25) is 0 Å². The Morgan fingerprint density at radius 3 is 2.62 bits per heavy atom. The number of rotatable bonds is 9. The van der Waals surface area contributed by atoms with Crippen LogP contribution < -0.4 is 0 Å². The van der Waals surface area contributed by atoms with Gasteiger partial charge >= 0.3 is 0 Å². The fraction of sp³-hybridized carbons (Fsp3) is 0.333. The fourth-order valence-corrected chi connectivity index (χ4v) is 5.32. The van der Waals surface area contributed by atoms with Crippen LogP contribution in [0.1, 0.15) is 34.0 Å². The first-order valence-electron chi connectivity index (χ1n) is 11.5. The Labute approximate surface area is 203 Å². The highest BCUT2D eigenvalue weighted by Gasteiger charge is 2.33. The van der Waals surface area contributed by atoms with Crippen LogP contribution in [0.4, 0.5) is 4.39 Å². The van der Waals surface area contributed by atoms with Gasteiger partial charge in [0.25, 0.3) is 0 Å². The third-order valence-corrected chi connectivity index (χ3v) is 7.12. The summed E-state index contributed by atoms with van der Waals surface area (Å²) in [5.41, 5.74) is 2.96. The molecule has 0 spiro atoms. The van der Waals surface area contributed by atoms with Crippen molar-refractivity contribution in [3.63, 3.8) is 0 Å². The maximum Gasteiger partial charge on any atom is 0.242 e. The zero-order valence-electron chi connectivity index (χ0n) is 19.3. The second-order valence-electron chi connectivity index (χ2n) is 8.41. The molecule has 7 heteroatoms. The Kier molecular flexibility index (Phi) is 8.08. The van der Waals surface area contributed by atoms with Crippen molar-refractivity contribution in [2.45, 2.75) is 25.3 Å². The molecular weight excluding hydrogens is 451 g/mol. The zero-order chi connectivity index (χ0) is 23.9. The Morgan fingerprint density at radius 2 is 1.88 bits per heavy atom. The predicted octanol–water partition coefficient (Wildman–Crippen LogP) is 4.47. The highest BCUT2D eigenvalue weighted by atomic mass is 32.1. The lowest BCUT2D eigenvalue weighted by Crippen LogP contribution is -2.47. The molecule has 2 aromatic carbocycles. The Hall–Kier alpha value is -3.03. The number of fused-ring (bicyclic) bond motifs is 1. The molecule has 0 bridgehead atoms. The van der Waals surface area contributed by atoms with Crippen LogP contribution in [-0.4, -0.2) is 55.0 Å². The van der Waals surface area contributed by atoms with Gasteiger partial charge in [0.2, 0.25) is 11.8 Å². The van der Waals surface area contributed by atoms with Gasteiger partial charge in [0.1, 0.15) is 5.82 Å². The zero-order valence-corrected chi connectivity index (χ0v) is 20.1. The molecule has 4 rings (SSSR count). The Balaban J connectivity index is 1.53. The van der Waals surface area contributed by atoms with E-state index in [9.17, 15) is 14.0 Å². The fourth-order valence-electron chi connectivity index (χ4n) is 4.41. The van der Waals surface area contributed by atoms with Crippen molar-refractivity contribution in [1.29, 1.82) is 0 Å². The number of hydrogen-bond donors (Lipinski definition) is 0. The van der Waals surface area contributed by atoms with Crippen LogP contribution in [0.15, 0.2) is 66.0 Å². The summed E-state index contributed by atoms with van der Waals surface area (Å²) < 4.78 is 18.4. The van der Waals surface area contributed by atoms with Crippen molar-refractivity contribution in [3.05, 3.63) is 93.4 Å². The van der Waals surface area contributed by atoms with E-state index in [-0.39, 0.29) is 36.6 Å². The summed E-state index contributed by atoms with van der Waals surface area (Å²) in [4.78, 5) is 31.6. The average molecular weight is 481 g/mol. The predicted molar refractivity (Wildman–Crippen MR) is 131 cm³/mol. The smallest absolute Gasteiger partial charge is 0.242 e. The van der Waals surface area contributed by atoms with Crippen molar-refractivity contribution in [1.82, 2.24) is 9.80 Å². The quantitative estimate of drug-likeness (QED) is 0.425. The van der Waals surface area contributed by atoms with E-state index in [0.717, 1.165) is 17.5 Å². The van der Waals surface area contributed by atoms with Crippen LogP contribution in [0.25, 0.3) is 0 Å². The molecule has 2 heterocycles. The van der Waals surface area contributed by atoms with Gasteiger partial charge in [-0.05, 0) is 53.1 Å². The average Bonchev–Trinajstić information content (AvgIpc) is 3.33. The van der Waals surface area contributed by atoms with Gasteiger partial charge in [-0.15, -0.1) is 11.3 Å². The van der Waals surface area contributed by atoms with Crippen molar-refractivity contribution in [2.24, 2.45) is 0 Å². The van der Waals surface area contributed by atoms with Crippen molar-refractivity contribution in [3.8, 4) is 0 Å². The number of amides is 2. The standard InChI is InChI=1S/C27H29FN2O3S/c1-33-16-5-14-29(25(31)18-20-8-10-22(28)11-9-20)19-26(32)30-15-12-24-23(13-17-34-24)27(30)21-6-3-2-4-7-21/h2-4,6-11,13,17,27H,5,12,14-16,18-19H2,1H3. The van der Waals surface area contributed by atoms with Gasteiger partial charge < -0.3 is 14.5 Å². The lowest BCUT2D eigenvalue weighted by molar-refractivity contribution is -0.141. The largest absolute Gasteiger partial charge is 0.385 e. The second kappa shape index (κ2) is 11.4. The van der Waals surface area contributed by atoms with Crippen molar-refractivity contribution in [2.75, 3.05) is 33.4 Å². The molecule has 0 aliphatic carbocycles. The van der Waals surface area contributed by atoms with E-state index in [1.165, 1.54) is 22.6 Å². The van der Waals surface area contributed by atoms with Gasteiger partial charge in [0.15, 0.2) is 0 Å². The Morgan fingerprint density at radius 1 is 1.12 bits per heavy atom. The van der Waals surface area contributed by atoms with Crippen LogP contribution in [0, 0.1) is 5.82 Å². The van der Waals surface area contributed by atoms with Gasteiger partial charge in [-0.3, -0.25) is 9.59 Å². The number of carbonyl (C=O) groups is 2. The number of hydrogen-bond acceptors (Lipinski definition) is 4. The van der Waals surface area contributed by atoms with Gasteiger partial charge in [0.05, 0.1) is 19.0 Å². The van der Waals surface area contributed by atoms with E-state index in [1.807, 2.05) is 35.2 Å². The molecule has 0 saturated heterocycles. The summed E-state index contributed by atoms with van der Waals surface area (Å²) in [5, 5.41) is 2.08. The summed E-state index contributed by atoms with van der Waals surface area (Å²) in [6.07, 6.45) is 1.57. The number of ether oxygens (including phenoxy) is 1. The van der Waals surface area contributed by atoms with E-state index in [1.54, 1.807) is 35.5 Å². The third kappa shape index (κ3) is 5.72. The van der Waals surface area contributed by atoms with Crippen molar-refractivity contribution >= 4 is 23.2 Å². The number of thiophene rings is 1. The Bertz CT molecular complexity index is 1100. The minimum atomic E-state index is -0.340. The van der Waals surface area contributed by atoms with Gasteiger partial charge in [-0.1, -0.05) is 42.5 Å². The highest BCUT2D eigenvalue weighted by Crippen LogP contribution is 2.37. The molecule has 1 unspecified atom stereocenters. The number of nitrogens with zero attached hydrogens (tertiary/aromatic N) is 2. The molecule has 1 aliphatic heterocycles. The van der Waals surface area contributed by atoms with E-state index in [4.69, 9.17) is 4.74 Å². The maximum absolute atomic E-state index is 13.6. The molecule has 34 heavy (non-hydrogen) atoms. The molecule has 5 nitrogen and oxygen atoms in total. The van der Waals surface area contributed by atoms with E-state index in [0.29, 0.717) is 26.1 Å². The minimum Gasteiger partial charge on any atom is -0.385 e. The minimum absolute atomic E-state index is 0.00649. The summed E-state index contributed by atoms with van der Waals surface area (Å²) in [6.45, 7) is 1.55. The highest BCUT2D eigenvalue weighted by molar-refractivity contribution is 7.10. The second-order valence-corrected chi connectivity index (χ2v) is 9.42. The number of carbonyl (C=O) groups excluding carboxylic acids is 2. The van der Waals surface area contributed by atoms with Gasteiger partial charge in [-0.25, -0.2) is 4.39 Å². The van der Waals surface area contributed by atoms with E-state index in [2.05, 4.69) is 11.4 Å². The van der Waals surface area contributed by atoms with E-state index < -0.39 is 0 Å². The van der Waals surface area contributed by atoms with Gasteiger partial charge in [0, 0.05) is 31.7 Å². The lowest BCUT2D eigenvalue weighted by Gasteiger charge is -2.37. The molecule has 1 aliphatic rings. The molecule has 0 radical (unpaired) electrons. The molecular formula is C27H29FN2O3S. The molecule has 2 amide bonds. The van der Waals surface area contributed by atoms with Crippen LogP contribution >= 0.6 is 11.3 Å². The summed E-state index contributed by atoms with van der Waals surface area (Å²) >= 11 is 1.73. The third-order valence-electron chi connectivity index (χ3n) is 6.13. The molecule has 0 saturated carbocycles. The van der Waals surface area contributed by atoms with Crippen LogP contribution in [-0.2, 0) is 27.2 Å². The summed E-state index contributed by atoms with van der Waals surface area (Å²) in [6, 6.07) is 17.9. The normalized spacial score (nSPS) is 15.1. The first kappa shape index (κ1) is 24.1. The lowest BCUT2D eigenvalue weighted by atomic mass is 9.93. The first-order valence-corrected chi connectivity index (χ1v) is 12.4. The number of methoxy groups -OCH3 is 1. The number of benzene rings is 2. The topological polar surface area (TPSA) is 49.9 Å². The molecule has 0 fully saturated rings. The molecule has 1 atom stereocenters. The summed E-state index contributed by atoms with van der Waals surface area (Å²) in [5.74, 6) is -0.565. The monoisotopic (exact) mass is 480 g/mol. The SMILES string of the molecule is COCCCN(CC(=O)N1CCc2sccc2C1c1ccccc1)C(=O)Cc1ccc(F)cc1. The number of halogens is 1. The first-order chi connectivity index (χ1) is 16.6. The molecule has 1 aromatic heterocycles. The molecule has 0 N–H and O–H groups in total. The molecule has 178 valence electrons. The molecule has 3 aromatic rings.